The van der Waals surface area contributed by atoms with Crippen LogP contribution in [0.15, 0.2) is 17.1 Å². The van der Waals surface area contributed by atoms with Gasteiger partial charge in [-0.05, 0) is 13.0 Å². The average molecular weight is 300 g/mol. The summed E-state index contributed by atoms with van der Waals surface area (Å²) in [5, 5.41) is 20.2. The number of aromatic nitrogens is 2. The Morgan fingerprint density at radius 3 is 2.81 bits per heavy atom. The van der Waals surface area contributed by atoms with Gasteiger partial charge in [-0.2, -0.15) is 4.98 Å². The summed E-state index contributed by atoms with van der Waals surface area (Å²) in [6.07, 6.45) is -3.09. The molecule has 0 aliphatic carbocycles. The number of ether oxygens (including phenoxy) is 1. The van der Waals surface area contributed by atoms with E-state index in [1.807, 2.05) is 0 Å². The highest BCUT2D eigenvalue weighted by atomic mass is 16.6. The molecule has 1 saturated heterocycles. The number of nitrogens with two attached hydrogens (primary N) is 2. The van der Waals surface area contributed by atoms with Gasteiger partial charge in [-0.3, -0.25) is 9.36 Å². The molecule has 6 N–H and O–H groups in total. The monoisotopic (exact) mass is 300 g/mol. The van der Waals surface area contributed by atoms with Crippen molar-refractivity contribution in [1.29, 1.82) is 0 Å². The first-order valence-corrected chi connectivity index (χ1v) is 6.07. The zero-order valence-corrected chi connectivity index (χ0v) is 11.2. The Bertz CT molecular complexity index is 605. The van der Waals surface area contributed by atoms with Crippen LogP contribution < -0.4 is 17.3 Å². The highest BCUT2D eigenvalue weighted by Gasteiger charge is 2.59. The number of aliphatic hydroxyl groups excluding tert-OH is 2. The maximum Gasteiger partial charge on any atom is 0.352 e. The number of nitrogen functional groups attached to an aromatic ring is 1. The molecular formula is C11H16N4O6. The van der Waals surface area contributed by atoms with Crippen LogP contribution in [0.25, 0.3) is 0 Å². The molecule has 0 aromatic carbocycles. The van der Waals surface area contributed by atoms with Crippen molar-refractivity contribution in [2.45, 2.75) is 31.0 Å². The van der Waals surface area contributed by atoms with Crippen molar-refractivity contribution in [2.24, 2.45) is 5.90 Å². The van der Waals surface area contributed by atoms with E-state index in [-0.39, 0.29) is 12.4 Å². The maximum absolute atomic E-state index is 12.0. The number of aliphatic hydroxyl groups is 2. The van der Waals surface area contributed by atoms with E-state index in [1.165, 1.54) is 6.07 Å². The largest absolute Gasteiger partial charge is 0.387 e. The Balaban J connectivity index is 2.57. The third-order valence-corrected chi connectivity index (χ3v) is 3.38. The highest BCUT2D eigenvalue weighted by Crippen LogP contribution is 2.35. The Kier molecular flexibility index (Phi) is 4.07. The molecule has 1 aliphatic heterocycles. The number of ketones is 1. The number of carbonyl (C=O) groups is 1. The minimum absolute atomic E-state index is 0.0511. The van der Waals surface area contributed by atoms with Crippen LogP contribution in [0.2, 0.25) is 0 Å². The first-order chi connectivity index (χ1) is 9.84. The molecule has 10 nitrogen and oxygen atoms in total. The van der Waals surface area contributed by atoms with Gasteiger partial charge in [-0.1, -0.05) is 0 Å². The lowest BCUT2D eigenvalue weighted by molar-refractivity contribution is -0.175. The van der Waals surface area contributed by atoms with E-state index < -0.39 is 35.5 Å². The van der Waals surface area contributed by atoms with Crippen molar-refractivity contribution >= 4 is 11.6 Å². The van der Waals surface area contributed by atoms with E-state index in [2.05, 4.69) is 9.82 Å². The second-order valence-corrected chi connectivity index (χ2v) is 4.68. The molecule has 1 aromatic rings. The van der Waals surface area contributed by atoms with Crippen molar-refractivity contribution in [1.82, 2.24) is 9.55 Å². The lowest BCUT2D eigenvalue weighted by Crippen LogP contribution is -2.55. The molecule has 4 atom stereocenters. The number of hydrogen-bond donors (Lipinski definition) is 4. The van der Waals surface area contributed by atoms with Gasteiger partial charge in [0, 0.05) is 6.20 Å². The topological polar surface area (TPSA) is 163 Å². The van der Waals surface area contributed by atoms with E-state index in [0.29, 0.717) is 0 Å². The molecule has 10 heteroatoms. The zero-order chi connectivity index (χ0) is 15.8. The molecule has 1 aromatic heterocycles. The van der Waals surface area contributed by atoms with Gasteiger partial charge in [0.25, 0.3) is 0 Å². The number of nitrogens with zero attached hydrogens (tertiary/aromatic N) is 2. The van der Waals surface area contributed by atoms with Crippen LogP contribution >= 0.6 is 0 Å². The number of carbonyl (C=O) groups excluding carboxylic acids is 1. The fraction of sp³-hybridized carbons (Fsp3) is 0.545. The number of rotatable bonds is 4. The van der Waals surface area contributed by atoms with Gasteiger partial charge in [0.05, 0.1) is 6.61 Å². The summed E-state index contributed by atoms with van der Waals surface area (Å²) in [5.74, 6) is 4.17. The fourth-order valence-electron chi connectivity index (χ4n) is 2.36. The van der Waals surface area contributed by atoms with Crippen molar-refractivity contribution in [3.05, 3.63) is 22.7 Å². The predicted molar refractivity (Wildman–Crippen MR) is 68.6 cm³/mol. The van der Waals surface area contributed by atoms with Crippen LogP contribution in [0.4, 0.5) is 5.82 Å². The first-order valence-electron chi connectivity index (χ1n) is 6.07. The first kappa shape index (κ1) is 15.5. The van der Waals surface area contributed by atoms with Gasteiger partial charge in [0.1, 0.15) is 24.1 Å². The minimum Gasteiger partial charge on any atom is -0.387 e. The van der Waals surface area contributed by atoms with Crippen molar-refractivity contribution in [3.8, 4) is 0 Å². The van der Waals surface area contributed by atoms with Gasteiger partial charge >= 0.3 is 5.69 Å². The van der Waals surface area contributed by atoms with Crippen LogP contribution in [0, 0.1) is 0 Å². The molecule has 1 fully saturated rings. The second-order valence-electron chi connectivity index (χ2n) is 4.68. The quantitative estimate of drug-likeness (QED) is 0.426. The molecule has 116 valence electrons. The lowest BCUT2D eigenvalue weighted by atomic mass is 9.99. The molecule has 0 saturated carbocycles. The van der Waals surface area contributed by atoms with E-state index >= 15 is 0 Å². The Morgan fingerprint density at radius 2 is 2.29 bits per heavy atom. The molecule has 0 radical (unpaired) electrons. The number of anilines is 1. The van der Waals surface area contributed by atoms with Crippen LogP contribution in [-0.4, -0.2) is 50.5 Å². The molecule has 0 spiro atoms. The summed E-state index contributed by atoms with van der Waals surface area (Å²) in [7, 11) is 0. The van der Waals surface area contributed by atoms with Crippen molar-refractivity contribution in [3.63, 3.8) is 0 Å². The molecule has 0 bridgehead atoms. The van der Waals surface area contributed by atoms with Gasteiger partial charge in [-0.15, -0.1) is 0 Å². The van der Waals surface area contributed by atoms with Crippen LogP contribution in [0.5, 0.6) is 0 Å². The Labute approximate surface area is 118 Å². The summed E-state index contributed by atoms with van der Waals surface area (Å²) in [4.78, 5) is 31.8. The van der Waals surface area contributed by atoms with Gasteiger partial charge < -0.3 is 25.5 Å². The van der Waals surface area contributed by atoms with E-state index in [9.17, 15) is 19.8 Å². The summed E-state index contributed by atoms with van der Waals surface area (Å²) < 4.78 is 6.20. The SMILES string of the molecule is CC(=O)[C@@]1(n2ccc(N)nc2=O)O[C@H](CON)[C@@H](O)[C@H]1O. The molecule has 2 rings (SSSR count). The average Bonchev–Trinajstić information content (AvgIpc) is 2.65. The zero-order valence-electron chi connectivity index (χ0n) is 11.2. The molecule has 1 aliphatic rings. The van der Waals surface area contributed by atoms with Crippen LogP contribution in [-0.2, 0) is 20.1 Å². The molecular weight excluding hydrogens is 284 g/mol. The number of hydrogen-bond acceptors (Lipinski definition) is 9. The predicted octanol–water partition coefficient (Wildman–Crippen LogP) is -2.92. The molecule has 0 unspecified atom stereocenters. The normalized spacial score (nSPS) is 32.3. The Hall–Kier alpha value is -1.85. The molecule has 21 heavy (non-hydrogen) atoms. The summed E-state index contributed by atoms with van der Waals surface area (Å²) in [5.41, 5.74) is 2.38. The van der Waals surface area contributed by atoms with E-state index in [4.69, 9.17) is 16.4 Å². The van der Waals surface area contributed by atoms with Crippen LogP contribution in [0.1, 0.15) is 6.92 Å². The highest BCUT2D eigenvalue weighted by molar-refractivity contribution is 5.84. The van der Waals surface area contributed by atoms with E-state index in [0.717, 1.165) is 17.7 Å². The molecule has 2 heterocycles. The standard InChI is InChI=1S/C11H16N4O6/c1-5(16)11(15-3-2-7(12)14-10(15)19)9(18)8(17)6(21-11)4-20-13/h2-3,6,8-9,17-18H,4,13H2,1H3,(H2,12,14,19)/t6-,8-,9-,11-/m1/s1. The van der Waals surface area contributed by atoms with Crippen molar-refractivity contribution < 1.29 is 24.6 Å². The maximum atomic E-state index is 12.0. The summed E-state index contributed by atoms with van der Waals surface area (Å²) in [6, 6.07) is 1.27. The third kappa shape index (κ3) is 2.32. The third-order valence-electron chi connectivity index (χ3n) is 3.38. The number of Topliss-reactive ketones (excluding diaryl/α,β-unsaturated/α-hetero) is 1. The van der Waals surface area contributed by atoms with E-state index in [1.54, 1.807) is 0 Å². The lowest BCUT2D eigenvalue weighted by Gasteiger charge is -2.30. The van der Waals surface area contributed by atoms with Gasteiger partial charge in [-0.25, -0.2) is 10.7 Å². The fourth-order valence-corrected chi connectivity index (χ4v) is 2.36. The minimum atomic E-state index is -2.11. The van der Waals surface area contributed by atoms with Gasteiger partial charge in [0.2, 0.25) is 5.72 Å². The van der Waals surface area contributed by atoms with Gasteiger partial charge in [0.15, 0.2) is 5.78 Å². The van der Waals surface area contributed by atoms with Crippen molar-refractivity contribution in [2.75, 3.05) is 12.3 Å². The summed E-state index contributed by atoms with van der Waals surface area (Å²) >= 11 is 0. The van der Waals surface area contributed by atoms with Crippen LogP contribution in [0.3, 0.4) is 0 Å². The summed E-state index contributed by atoms with van der Waals surface area (Å²) in [6.45, 7) is 0.842. The second kappa shape index (κ2) is 5.50. The Morgan fingerprint density at radius 1 is 1.62 bits per heavy atom. The smallest absolute Gasteiger partial charge is 0.352 e. The molecule has 0 amide bonds.